The van der Waals surface area contributed by atoms with E-state index in [1.165, 1.54) is 29.7 Å². The summed E-state index contributed by atoms with van der Waals surface area (Å²) in [5.41, 5.74) is 8.45. The normalized spacial score (nSPS) is 20.1. The van der Waals surface area contributed by atoms with Crippen LogP contribution >= 0.6 is 0 Å². The fraction of sp³-hybridized carbons (Fsp3) is 0.636. The second-order valence-corrected chi connectivity index (χ2v) is 4.26. The van der Waals surface area contributed by atoms with Crippen LogP contribution in [0, 0.1) is 0 Å². The van der Waals surface area contributed by atoms with E-state index >= 15 is 0 Å². The third-order valence-electron chi connectivity index (χ3n) is 3.16. The standard InChI is InChI=1S/C11H16N2O/c12-4-3-8-9-5-13-6-10(9)14-11(8)7-1-2-7/h7,13H,1-6,12H2. The maximum atomic E-state index is 5.92. The molecule has 3 nitrogen and oxygen atoms in total. The summed E-state index contributed by atoms with van der Waals surface area (Å²) in [7, 11) is 0. The van der Waals surface area contributed by atoms with E-state index in [2.05, 4.69) is 5.32 Å². The molecule has 2 aliphatic rings. The quantitative estimate of drug-likeness (QED) is 0.758. The Morgan fingerprint density at radius 1 is 1.36 bits per heavy atom. The molecule has 0 aromatic carbocycles. The first-order valence-electron chi connectivity index (χ1n) is 5.44. The molecule has 0 spiro atoms. The fourth-order valence-electron chi connectivity index (χ4n) is 2.32. The Kier molecular flexibility index (Phi) is 1.89. The van der Waals surface area contributed by atoms with Crippen molar-refractivity contribution in [3.05, 3.63) is 22.6 Å². The van der Waals surface area contributed by atoms with Crippen molar-refractivity contribution >= 4 is 0 Å². The second kappa shape index (κ2) is 3.11. The van der Waals surface area contributed by atoms with Gasteiger partial charge in [-0.3, -0.25) is 0 Å². The van der Waals surface area contributed by atoms with Crippen molar-refractivity contribution < 1.29 is 4.42 Å². The molecule has 2 heterocycles. The number of furan rings is 1. The molecule has 0 unspecified atom stereocenters. The minimum Gasteiger partial charge on any atom is -0.464 e. The van der Waals surface area contributed by atoms with Crippen molar-refractivity contribution in [1.29, 1.82) is 0 Å². The van der Waals surface area contributed by atoms with Gasteiger partial charge >= 0.3 is 0 Å². The molecular weight excluding hydrogens is 176 g/mol. The zero-order chi connectivity index (χ0) is 9.54. The summed E-state index contributed by atoms with van der Waals surface area (Å²) >= 11 is 0. The Morgan fingerprint density at radius 2 is 2.21 bits per heavy atom. The van der Waals surface area contributed by atoms with E-state index in [4.69, 9.17) is 10.2 Å². The zero-order valence-corrected chi connectivity index (χ0v) is 8.31. The molecule has 0 saturated heterocycles. The van der Waals surface area contributed by atoms with Crippen LogP contribution in [0.2, 0.25) is 0 Å². The van der Waals surface area contributed by atoms with Crippen LogP contribution in [-0.2, 0) is 19.5 Å². The third kappa shape index (κ3) is 1.20. The Morgan fingerprint density at radius 3 is 2.93 bits per heavy atom. The maximum absolute atomic E-state index is 5.92. The summed E-state index contributed by atoms with van der Waals surface area (Å²) in [5, 5.41) is 3.32. The van der Waals surface area contributed by atoms with Crippen LogP contribution < -0.4 is 11.1 Å². The molecule has 14 heavy (non-hydrogen) atoms. The highest BCUT2D eigenvalue weighted by atomic mass is 16.3. The molecule has 1 aromatic heterocycles. The van der Waals surface area contributed by atoms with Crippen LogP contribution in [0.5, 0.6) is 0 Å². The largest absolute Gasteiger partial charge is 0.464 e. The molecule has 0 bridgehead atoms. The van der Waals surface area contributed by atoms with Gasteiger partial charge in [0.1, 0.15) is 11.5 Å². The van der Waals surface area contributed by atoms with Crippen LogP contribution in [0.4, 0.5) is 0 Å². The van der Waals surface area contributed by atoms with Gasteiger partial charge in [-0.1, -0.05) is 0 Å². The van der Waals surface area contributed by atoms with Crippen LogP contribution in [0.3, 0.4) is 0 Å². The first-order chi connectivity index (χ1) is 6.90. The smallest absolute Gasteiger partial charge is 0.122 e. The lowest BCUT2D eigenvalue weighted by Crippen LogP contribution is -2.07. The van der Waals surface area contributed by atoms with E-state index in [9.17, 15) is 0 Å². The van der Waals surface area contributed by atoms with Crippen LogP contribution in [0.15, 0.2) is 4.42 Å². The molecule has 1 aromatic rings. The molecule has 3 N–H and O–H groups in total. The van der Waals surface area contributed by atoms with E-state index < -0.39 is 0 Å². The van der Waals surface area contributed by atoms with Gasteiger partial charge in [0.2, 0.25) is 0 Å². The van der Waals surface area contributed by atoms with Crippen molar-refractivity contribution in [2.45, 2.75) is 38.3 Å². The summed E-state index contributed by atoms with van der Waals surface area (Å²) in [5.74, 6) is 3.12. The Labute approximate surface area is 83.7 Å². The van der Waals surface area contributed by atoms with E-state index in [0.29, 0.717) is 5.92 Å². The number of hydrogen-bond donors (Lipinski definition) is 2. The van der Waals surface area contributed by atoms with E-state index in [-0.39, 0.29) is 0 Å². The van der Waals surface area contributed by atoms with Gasteiger partial charge in [0.25, 0.3) is 0 Å². The average molecular weight is 192 g/mol. The van der Waals surface area contributed by atoms with Crippen LogP contribution in [0.25, 0.3) is 0 Å². The summed E-state index contributed by atoms with van der Waals surface area (Å²) in [6.07, 6.45) is 3.58. The average Bonchev–Trinajstić information content (AvgIpc) is 2.82. The fourth-order valence-corrected chi connectivity index (χ4v) is 2.32. The van der Waals surface area contributed by atoms with Gasteiger partial charge in [0.05, 0.1) is 6.54 Å². The number of fused-ring (bicyclic) bond motifs is 1. The molecule has 1 aliphatic carbocycles. The van der Waals surface area contributed by atoms with Gasteiger partial charge in [-0.15, -0.1) is 0 Å². The predicted octanol–water partition coefficient (Wildman–Crippen LogP) is 1.26. The van der Waals surface area contributed by atoms with Crippen molar-refractivity contribution in [2.24, 2.45) is 5.73 Å². The molecular formula is C11H16N2O. The topological polar surface area (TPSA) is 51.2 Å². The summed E-state index contributed by atoms with van der Waals surface area (Å²) in [6, 6.07) is 0. The van der Waals surface area contributed by atoms with Crippen molar-refractivity contribution in [1.82, 2.24) is 5.32 Å². The number of nitrogens with one attached hydrogen (secondary N) is 1. The molecule has 0 amide bonds. The Bertz CT molecular complexity index is 352. The molecule has 0 atom stereocenters. The lowest BCUT2D eigenvalue weighted by atomic mass is 10.0. The van der Waals surface area contributed by atoms with Crippen LogP contribution in [0.1, 0.15) is 41.4 Å². The van der Waals surface area contributed by atoms with Gasteiger partial charge < -0.3 is 15.5 Å². The molecule has 76 valence electrons. The summed E-state index contributed by atoms with van der Waals surface area (Å²) in [4.78, 5) is 0. The number of hydrogen-bond acceptors (Lipinski definition) is 3. The van der Waals surface area contributed by atoms with E-state index in [0.717, 1.165) is 31.8 Å². The Hall–Kier alpha value is -0.800. The predicted molar refractivity (Wildman–Crippen MR) is 54.0 cm³/mol. The highest BCUT2D eigenvalue weighted by molar-refractivity contribution is 5.39. The minimum absolute atomic E-state index is 0.710. The maximum Gasteiger partial charge on any atom is 0.122 e. The summed E-state index contributed by atoms with van der Waals surface area (Å²) < 4.78 is 5.92. The molecule has 0 radical (unpaired) electrons. The van der Waals surface area contributed by atoms with Gasteiger partial charge in [-0.05, 0) is 31.4 Å². The van der Waals surface area contributed by atoms with Gasteiger partial charge in [0.15, 0.2) is 0 Å². The van der Waals surface area contributed by atoms with Gasteiger partial charge in [-0.2, -0.15) is 0 Å². The minimum atomic E-state index is 0.710. The molecule has 1 aliphatic heterocycles. The Balaban J connectivity index is 2.01. The highest BCUT2D eigenvalue weighted by Crippen LogP contribution is 2.45. The first kappa shape index (κ1) is 8.50. The van der Waals surface area contributed by atoms with Crippen molar-refractivity contribution in [3.63, 3.8) is 0 Å². The lowest BCUT2D eigenvalue weighted by Gasteiger charge is -2.01. The van der Waals surface area contributed by atoms with Crippen LogP contribution in [-0.4, -0.2) is 6.54 Å². The van der Waals surface area contributed by atoms with Gasteiger partial charge in [0, 0.05) is 18.0 Å². The molecule has 1 saturated carbocycles. The molecule has 1 fully saturated rings. The third-order valence-corrected chi connectivity index (χ3v) is 3.16. The first-order valence-corrected chi connectivity index (χ1v) is 5.44. The monoisotopic (exact) mass is 192 g/mol. The molecule has 3 rings (SSSR count). The van der Waals surface area contributed by atoms with E-state index in [1.807, 2.05) is 0 Å². The van der Waals surface area contributed by atoms with Crippen molar-refractivity contribution in [2.75, 3.05) is 6.54 Å². The second-order valence-electron chi connectivity index (χ2n) is 4.26. The number of nitrogens with two attached hydrogens (primary N) is 1. The lowest BCUT2D eigenvalue weighted by molar-refractivity contribution is 0.459. The summed E-state index contributed by atoms with van der Waals surface area (Å²) in [6.45, 7) is 2.60. The zero-order valence-electron chi connectivity index (χ0n) is 8.31. The number of rotatable bonds is 3. The molecule has 3 heteroatoms. The van der Waals surface area contributed by atoms with Crippen molar-refractivity contribution in [3.8, 4) is 0 Å². The van der Waals surface area contributed by atoms with Gasteiger partial charge in [-0.25, -0.2) is 0 Å². The SMILES string of the molecule is NCCc1c(C2CC2)oc2c1CNC2. The highest BCUT2D eigenvalue weighted by Gasteiger charge is 2.33. The van der Waals surface area contributed by atoms with E-state index in [1.54, 1.807) is 0 Å².